The fourth-order valence-electron chi connectivity index (χ4n) is 4.91. The van der Waals surface area contributed by atoms with Crippen molar-refractivity contribution >= 4 is 0 Å². The van der Waals surface area contributed by atoms with E-state index < -0.39 is 6.10 Å². The van der Waals surface area contributed by atoms with Crippen LogP contribution in [0.1, 0.15) is 61.8 Å². The first-order valence-corrected chi connectivity index (χ1v) is 11.8. The van der Waals surface area contributed by atoms with Gasteiger partial charge in [0.2, 0.25) is 0 Å². The number of aliphatic hydroxyl groups excluding tert-OH is 1. The zero-order valence-electron chi connectivity index (χ0n) is 18.4. The summed E-state index contributed by atoms with van der Waals surface area (Å²) >= 11 is 0. The number of benzene rings is 2. The molecule has 0 aliphatic carbocycles. The summed E-state index contributed by atoms with van der Waals surface area (Å²) in [5.74, 6) is 0.657. The van der Waals surface area contributed by atoms with E-state index in [2.05, 4.69) is 28.0 Å². The molecule has 2 unspecified atom stereocenters. The number of ether oxygens (including phenoxy) is 1. The number of β-amino-alcohol motifs (C(OH)–C–C–N with tert-alkyl or cyclic N) is 1. The van der Waals surface area contributed by atoms with Gasteiger partial charge in [-0.2, -0.15) is 0 Å². The van der Waals surface area contributed by atoms with Crippen LogP contribution in [0.2, 0.25) is 0 Å². The predicted molar refractivity (Wildman–Crippen MR) is 122 cm³/mol. The fraction of sp³-hybridized carbons (Fsp3) is 0.538. The van der Waals surface area contributed by atoms with Crippen LogP contribution < -0.4 is 4.74 Å². The number of nitrogens with zero attached hydrogens (tertiary/aromatic N) is 2. The molecule has 31 heavy (non-hydrogen) atoms. The quantitative estimate of drug-likeness (QED) is 0.576. The number of rotatable bonds is 9. The molecule has 0 radical (unpaired) electrons. The molecule has 2 heterocycles. The predicted octanol–water partition coefficient (Wildman–Crippen LogP) is 4.95. The van der Waals surface area contributed by atoms with E-state index in [9.17, 15) is 9.50 Å². The molecule has 2 aliphatic heterocycles. The average Bonchev–Trinajstić information content (AvgIpc) is 3.26. The molecule has 5 heteroatoms. The third kappa shape index (κ3) is 6.28. The molecule has 2 aliphatic rings. The van der Waals surface area contributed by atoms with Crippen molar-refractivity contribution in [2.45, 2.75) is 50.7 Å². The normalized spacial score (nSPS) is 21.3. The number of halogens is 1. The lowest BCUT2D eigenvalue weighted by molar-refractivity contribution is 0.106. The van der Waals surface area contributed by atoms with Crippen molar-refractivity contribution in [2.24, 2.45) is 0 Å². The maximum absolute atomic E-state index is 13.2. The van der Waals surface area contributed by atoms with Crippen LogP contribution in [0.5, 0.6) is 5.75 Å². The standard InChI is InChI=1S/C26H35FN2O2/c27-23-12-10-21(11-13-23)26(30)20-29-17-5-9-25(29)22-7-4-8-24(19-22)31-18-6-16-28-14-2-1-3-15-28/h4,7-8,10-13,19,25-26,30H,1-3,5-6,9,14-18,20H2. The highest BCUT2D eigenvalue weighted by Gasteiger charge is 2.28. The van der Waals surface area contributed by atoms with Crippen molar-refractivity contribution in [1.82, 2.24) is 9.80 Å². The van der Waals surface area contributed by atoms with E-state index in [0.29, 0.717) is 6.54 Å². The summed E-state index contributed by atoms with van der Waals surface area (Å²) in [6, 6.07) is 14.9. The minimum absolute atomic E-state index is 0.275. The topological polar surface area (TPSA) is 35.9 Å². The molecule has 168 valence electrons. The largest absolute Gasteiger partial charge is 0.494 e. The van der Waals surface area contributed by atoms with Crippen LogP contribution in [0, 0.1) is 5.82 Å². The SMILES string of the molecule is OC(CN1CCCC1c1cccc(OCCCN2CCCCC2)c1)c1ccc(F)cc1. The van der Waals surface area contributed by atoms with E-state index in [1.807, 2.05) is 6.07 Å². The van der Waals surface area contributed by atoms with Crippen LogP contribution in [-0.4, -0.2) is 54.2 Å². The molecule has 4 nitrogen and oxygen atoms in total. The highest BCUT2D eigenvalue weighted by Crippen LogP contribution is 2.34. The van der Waals surface area contributed by atoms with Gasteiger partial charge in [-0.25, -0.2) is 4.39 Å². The van der Waals surface area contributed by atoms with Gasteiger partial charge in [-0.3, -0.25) is 4.90 Å². The summed E-state index contributed by atoms with van der Waals surface area (Å²) < 4.78 is 19.2. The Labute approximate surface area is 185 Å². The molecule has 0 bridgehead atoms. The van der Waals surface area contributed by atoms with Crippen molar-refractivity contribution < 1.29 is 14.2 Å². The van der Waals surface area contributed by atoms with Crippen LogP contribution >= 0.6 is 0 Å². The van der Waals surface area contributed by atoms with E-state index in [1.54, 1.807) is 12.1 Å². The summed E-state index contributed by atoms with van der Waals surface area (Å²) in [6.45, 7) is 5.85. The van der Waals surface area contributed by atoms with Gasteiger partial charge in [0.05, 0.1) is 12.7 Å². The van der Waals surface area contributed by atoms with Crippen LogP contribution in [0.4, 0.5) is 4.39 Å². The van der Waals surface area contributed by atoms with Gasteiger partial charge in [0.15, 0.2) is 0 Å². The Bertz CT molecular complexity index is 807. The van der Waals surface area contributed by atoms with Gasteiger partial charge in [-0.15, -0.1) is 0 Å². The first-order chi connectivity index (χ1) is 15.2. The number of aliphatic hydroxyl groups is 1. The summed E-state index contributed by atoms with van der Waals surface area (Å²) in [5.41, 5.74) is 2.01. The van der Waals surface area contributed by atoms with Crippen molar-refractivity contribution in [3.8, 4) is 5.75 Å². The monoisotopic (exact) mass is 426 g/mol. The first kappa shape index (κ1) is 22.3. The molecule has 2 atom stereocenters. The zero-order valence-corrected chi connectivity index (χ0v) is 18.4. The molecule has 1 N–H and O–H groups in total. The number of hydrogen-bond acceptors (Lipinski definition) is 4. The van der Waals surface area contributed by atoms with Gasteiger partial charge in [0.1, 0.15) is 11.6 Å². The molecule has 0 aromatic heterocycles. The molecule has 2 aromatic carbocycles. The van der Waals surface area contributed by atoms with Crippen molar-refractivity contribution in [2.75, 3.05) is 39.3 Å². The molecule has 2 saturated heterocycles. The third-order valence-electron chi connectivity index (χ3n) is 6.60. The van der Waals surface area contributed by atoms with Crippen molar-refractivity contribution in [3.63, 3.8) is 0 Å². The van der Waals surface area contributed by atoms with Gasteiger partial charge in [-0.1, -0.05) is 30.7 Å². The molecular formula is C26H35FN2O2. The smallest absolute Gasteiger partial charge is 0.123 e. The molecule has 0 saturated carbocycles. The number of piperidine rings is 1. The van der Waals surface area contributed by atoms with E-state index in [4.69, 9.17) is 4.74 Å². The summed E-state index contributed by atoms with van der Waals surface area (Å²) in [7, 11) is 0. The lowest BCUT2D eigenvalue weighted by atomic mass is 10.0. The molecule has 4 rings (SSSR count). The summed E-state index contributed by atoms with van der Waals surface area (Å²) in [6.07, 6.45) is 6.67. The average molecular weight is 427 g/mol. The summed E-state index contributed by atoms with van der Waals surface area (Å²) in [4.78, 5) is 4.88. The second kappa shape index (κ2) is 11.1. The van der Waals surface area contributed by atoms with Crippen molar-refractivity contribution in [1.29, 1.82) is 0 Å². The minimum atomic E-state index is -0.615. The fourth-order valence-corrected chi connectivity index (χ4v) is 4.91. The van der Waals surface area contributed by atoms with Gasteiger partial charge < -0.3 is 14.7 Å². The van der Waals surface area contributed by atoms with Gasteiger partial charge in [0, 0.05) is 19.1 Å². The third-order valence-corrected chi connectivity index (χ3v) is 6.60. The molecule has 0 amide bonds. The zero-order chi connectivity index (χ0) is 21.5. The summed E-state index contributed by atoms with van der Waals surface area (Å²) in [5, 5.41) is 10.6. The molecule has 2 aromatic rings. The van der Waals surface area contributed by atoms with Crippen LogP contribution in [-0.2, 0) is 0 Å². The Morgan fingerprint density at radius 1 is 1.00 bits per heavy atom. The maximum atomic E-state index is 13.2. The Morgan fingerprint density at radius 3 is 2.61 bits per heavy atom. The van der Waals surface area contributed by atoms with Gasteiger partial charge in [0.25, 0.3) is 0 Å². The van der Waals surface area contributed by atoms with Gasteiger partial charge >= 0.3 is 0 Å². The second-order valence-electron chi connectivity index (χ2n) is 8.90. The maximum Gasteiger partial charge on any atom is 0.123 e. The van der Waals surface area contributed by atoms with E-state index in [-0.39, 0.29) is 11.9 Å². The van der Waals surface area contributed by atoms with E-state index in [0.717, 1.165) is 50.3 Å². The lowest BCUT2D eigenvalue weighted by Crippen LogP contribution is -2.31. The number of likely N-dealkylation sites (tertiary alicyclic amines) is 2. The Morgan fingerprint density at radius 2 is 1.81 bits per heavy atom. The second-order valence-corrected chi connectivity index (χ2v) is 8.90. The van der Waals surface area contributed by atoms with Gasteiger partial charge in [-0.05, 0) is 87.1 Å². The molecule has 2 fully saturated rings. The van der Waals surface area contributed by atoms with Crippen LogP contribution in [0.3, 0.4) is 0 Å². The van der Waals surface area contributed by atoms with Crippen LogP contribution in [0.15, 0.2) is 48.5 Å². The Hall–Kier alpha value is -1.95. The van der Waals surface area contributed by atoms with Crippen molar-refractivity contribution in [3.05, 3.63) is 65.5 Å². The number of hydrogen-bond donors (Lipinski definition) is 1. The highest BCUT2D eigenvalue weighted by atomic mass is 19.1. The van der Waals surface area contributed by atoms with E-state index >= 15 is 0 Å². The van der Waals surface area contributed by atoms with Crippen LogP contribution in [0.25, 0.3) is 0 Å². The van der Waals surface area contributed by atoms with E-state index in [1.165, 1.54) is 50.0 Å². The first-order valence-electron chi connectivity index (χ1n) is 11.8. The lowest BCUT2D eigenvalue weighted by Gasteiger charge is -2.27. The Kier molecular flexibility index (Phi) is 7.95. The molecular weight excluding hydrogens is 391 g/mol. The highest BCUT2D eigenvalue weighted by molar-refractivity contribution is 5.31. The Balaban J connectivity index is 1.30. The molecule has 0 spiro atoms. The minimum Gasteiger partial charge on any atom is -0.494 e.